The van der Waals surface area contributed by atoms with Gasteiger partial charge in [0.25, 0.3) is 5.91 Å². The van der Waals surface area contributed by atoms with Crippen LogP contribution < -0.4 is 15.5 Å². The zero-order valence-corrected chi connectivity index (χ0v) is 20.3. The topological polar surface area (TPSA) is 61.4 Å². The Morgan fingerprint density at radius 1 is 1.00 bits per heavy atom. The van der Waals surface area contributed by atoms with Gasteiger partial charge in [0, 0.05) is 30.5 Å². The van der Waals surface area contributed by atoms with Crippen molar-refractivity contribution in [3.05, 3.63) is 95.1 Å². The number of rotatable bonds is 7. The van der Waals surface area contributed by atoms with E-state index in [2.05, 4.69) is 33.7 Å². The molecule has 2 atom stereocenters. The molecule has 0 saturated carbocycles. The molecule has 0 aliphatic carbocycles. The highest BCUT2D eigenvalue weighted by molar-refractivity contribution is 6.32. The maximum absolute atomic E-state index is 13.2. The lowest BCUT2D eigenvalue weighted by Crippen LogP contribution is -2.35. The molecule has 176 valence electrons. The first-order valence-corrected chi connectivity index (χ1v) is 12.2. The van der Waals surface area contributed by atoms with Gasteiger partial charge in [-0.3, -0.25) is 9.59 Å². The van der Waals surface area contributed by atoms with Crippen LogP contribution in [0, 0.1) is 0 Å². The molecule has 3 aromatic carbocycles. The van der Waals surface area contributed by atoms with E-state index in [0.29, 0.717) is 11.3 Å². The molecule has 3 aromatic rings. The second-order valence-corrected chi connectivity index (χ2v) is 9.15. The van der Waals surface area contributed by atoms with E-state index in [0.717, 1.165) is 37.2 Å². The Morgan fingerprint density at radius 2 is 1.71 bits per heavy atom. The van der Waals surface area contributed by atoms with Crippen LogP contribution in [0.25, 0.3) is 0 Å². The summed E-state index contributed by atoms with van der Waals surface area (Å²) in [5, 5.41) is 5.13. The van der Waals surface area contributed by atoms with Gasteiger partial charge in [-0.2, -0.15) is 0 Å². The molecule has 1 heterocycles. The molecule has 2 amide bonds. The number of anilines is 2. The fourth-order valence-electron chi connectivity index (χ4n) is 4.16. The number of carbonyl (C=O) groups excluding carboxylic acids is 2. The lowest BCUT2D eigenvalue weighted by Gasteiger charge is -2.32. The average Bonchev–Trinajstić information content (AvgIpc) is 2.88. The summed E-state index contributed by atoms with van der Waals surface area (Å²) < 4.78 is 0. The van der Waals surface area contributed by atoms with Crippen LogP contribution in [-0.4, -0.2) is 24.4 Å². The summed E-state index contributed by atoms with van der Waals surface area (Å²) in [6.45, 7) is 5.58. The molecule has 0 radical (unpaired) electrons. The van der Waals surface area contributed by atoms with Crippen LogP contribution in [0.4, 0.5) is 11.4 Å². The number of carbonyl (C=O) groups is 2. The maximum Gasteiger partial charge on any atom is 0.253 e. The van der Waals surface area contributed by atoms with E-state index >= 15 is 0 Å². The minimum absolute atomic E-state index is 0.0472. The molecule has 2 unspecified atom stereocenters. The molecule has 0 spiro atoms. The summed E-state index contributed by atoms with van der Waals surface area (Å²) in [5.41, 5.74) is 5.29. The Hall–Kier alpha value is -3.31. The van der Waals surface area contributed by atoms with Gasteiger partial charge in [0.2, 0.25) is 5.91 Å². The van der Waals surface area contributed by atoms with Crippen LogP contribution in [0.5, 0.6) is 0 Å². The van der Waals surface area contributed by atoms with Crippen molar-refractivity contribution in [3.63, 3.8) is 0 Å². The minimum Gasteiger partial charge on any atom is -0.366 e. The smallest absolute Gasteiger partial charge is 0.253 e. The zero-order chi connectivity index (χ0) is 24.1. The molecule has 0 saturated heterocycles. The molecular formula is C28H30ClN3O2. The zero-order valence-electron chi connectivity index (χ0n) is 19.6. The van der Waals surface area contributed by atoms with Gasteiger partial charge in [0.05, 0.1) is 5.56 Å². The van der Waals surface area contributed by atoms with Crippen molar-refractivity contribution in [1.82, 2.24) is 5.32 Å². The number of fused-ring (bicyclic) bond motifs is 1. The van der Waals surface area contributed by atoms with Crippen LogP contribution in [-0.2, 0) is 17.8 Å². The number of hydrogen-bond acceptors (Lipinski definition) is 3. The van der Waals surface area contributed by atoms with Crippen molar-refractivity contribution in [2.45, 2.75) is 44.7 Å². The van der Waals surface area contributed by atoms with Gasteiger partial charge in [0.15, 0.2) is 0 Å². The lowest BCUT2D eigenvalue weighted by molar-refractivity contribution is -0.116. The first kappa shape index (κ1) is 23.8. The molecule has 0 aromatic heterocycles. The lowest BCUT2D eigenvalue weighted by atomic mass is 9.98. The van der Waals surface area contributed by atoms with Crippen LogP contribution in [0.2, 0.25) is 0 Å². The Bertz CT molecular complexity index is 1170. The third kappa shape index (κ3) is 5.42. The van der Waals surface area contributed by atoms with E-state index < -0.39 is 5.38 Å². The Kier molecular flexibility index (Phi) is 7.53. The third-order valence-corrected chi connectivity index (χ3v) is 6.74. The Labute approximate surface area is 206 Å². The van der Waals surface area contributed by atoms with Gasteiger partial charge in [-0.05, 0) is 54.7 Å². The van der Waals surface area contributed by atoms with E-state index in [1.807, 2.05) is 62.4 Å². The molecule has 0 fully saturated rings. The monoisotopic (exact) mass is 475 g/mol. The van der Waals surface area contributed by atoms with Crippen molar-refractivity contribution in [3.8, 4) is 0 Å². The largest absolute Gasteiger partial charge is 0.366 e. The number of amides is 2. The molecular weight excluding hydrogens is 446 g/mol. The highest BCUT2D eigenvalue weighted by Crippen LogP contribution is 2.30. The summed E-state index contributed by atoms with van der Waals surface area (Å²) in [6, 6.07) is 23.2. The van der Waals surface area contributed by atoms with E-state index in [1.54, 1.807) is 6.07 Å². The van der Waals surface area contributed by atoms with Crippen molar-refractivity contribution in [2.24, 2.45) is 0 Å². The summed E-state index contributed by atoms with van der Waals surface area (Å²) in [6.07, 6.45) is 1.76. The molecule has 2 N–H and O–H groups in total. The number of halogens is 1. The van der Waals surface area contributed by atoms with Crippen molar-refractivity contribution in [2.75, 3.05) is 16.8 Å². The average molecular weight is 476 g/mol. The first-order valence-electron chi connectivity index (χ1n) is 11.7. The van der Waals surface area contributed by atoms with E-state index in [9.17, 15) is 9.59 Å². The predicted molar refractivity (Wildman–Crippen MR) is 139 cm³/mol. The predicted octanol–water partition coefficient (Wildman–Crippen LogP) is 5.70. The Balaban J connectivity index is 1.61. The highest BCUT2D eigenvalue weighted by atomic mass is 35.5. The molecule has 1 aliphatic rings. The quantitative estimate of drug-likeness (QED) is 0.431. The second kappa shape index (κ2) is 10.7. The normalized spacial score (nSPS) is 14.6. The van der Waals surface area contributed by atoms with Crippen molar-refractivity contribution < 1.29 is 9.59 Å². The Morgan fingerprint density at radius 3 is 2.44 bits per heavy atom. The number of nitrogens with one attached hydrogen (secondary N) is 2. The molecule has 4 rings (SSSR count). The second-order valence-electron chi connectivity index (χ2n) is 8.72. The number of benzene rings is 3. The number of alkyl halides is 1. The summed E-state index contributed by atoms with van der Waals surface area (Å²) in [7, 11) is 0. The summed E-state index contributed by atoms with van der Waals surface area (Å²) >= 11 is 6.40. The van der Waals surface area contributed by atoms with Gasteiger partial charge in [-0.15, -0.1) is 11.6 Å². The number of hydrogen-bond donors (Lipinski definition) is 2. The van der Waals surface area contributed by atoms with Crippen molar-refractivity contribution >= 4 is 34.8 Å². The molecule has 6 heteroatoms. The first-order chi connectivity index (χ1) is 16.5. The van der Waals surface area contributed by atoms with Crippen LogP contribution >= 0.6 is 11.6 Å². The summed E-state index contributed by atoms with van der Waals surface area (Å²) in [5.74, 6) is -0.481. The molecule has 0 bridgehead atoms. The van der Waals surface area contributed by atoms with Gasteiger partial charge < -0.3 is 15.5 Å². The van der Waals surface area contributed by atoms with Crippen molar-refractivity contribution in [1.29, 1.82) is 0 Å². The molecule has 5 nitrogen and oxygen atoms in total. The van der Waals surface area contributed by atoms with E-state index in [4.69, 9.17) is 11.6 Å². The van der Waals surface area contributed by atoms with E-state index in [-0.39, 0.29) is 17.9 Å². The third-order valence-electron chi connectivity index (χ3n) is 6.29. The van der Waals surface area contributed by atoms with Crippen LogP contribution in [0.3, 0.4) is 0 Å². The standard InChI is InChI=1S/C28H30ClN3O2/c1-3-19(2)30-27(33)24-17-23(31-28(34)26(29)21-10-5-4-6-11-21)13-14-25(24)32-16-15-20-9-7-8-12-22(20)18-32/h4-14,17,19,26H,3,15-16,18H2,1-2H3,(H,30,33)(H,31,34). The number of nitrogens with zero attached hydrogens (tertiary/aromatic N) is 1. The van der Waals surface area contributed by atoms with Gasteiger partial charge in [-0.1, -0.05) is 61.5 Å². The maximum atomic E-state index is 13.2. The highest BCUT2D eigenvalue weighted by Gasteiger charge is 2.23. The van der Waals surface area contributed by atoms with Crippen LogP contribution in [0.15, 0.2) is 72.8 Å². The SMILES string of the molecule is CCC(C)NC(=O)c1cc(NC(=O)C(Cl)c2ccccc2)ccc1N1CCc2ccccc2C1. The van der Waals surface area contributed by atoms with Crippen LogP contribution in [0.1, 0.15) is 52.7 Å². The minimum atomic E-state index is -0.822. The summed E-state index contributed by atoms with van der Waals surface area (Å²) in [4.78, 5) is 28.3. The van der Waals surface area contributed by atoms with Gasteiger partial charge in [-0.25, -0.2) is 0 Å². The fourth-order valence-corrected chi connectivity index (χ4v) is 4.36. The van der Waals surface area contributed by atoms with Gasteiger partial charge in [0.1, 0.15) is 5.38 Å². The van der Waals surface area contributed by atoms with Gasteiger partial charge >= 0.3 is 0 Å². The molecule has 34 heavy (non-hydrogen) atoms. The molecule has 1 aliphatic heterocycles. The van der Waals surface area contributed by atoms with E-state index in [1.165, 1.54) is 11.1 Å². The fraction of sp³-hybridized carbons (Fsp3) is 0.286.